The molecule has 0 aliphatic carbocycles. The molecule has 21 heavy (non-hydrogen) atoms. The minimum Gasteiger partial charge on any atom is -0.370 e. The molecule has 0 atom stereocenters. The van der Waals surface area contributed by atoms with E-state index in [1.54, 1.807) is 0 Å². The summed E-state index contributed by atoms with van der Waals surface area (Å²) in [5.41, 5.74) is -1.17. The SMILES string of the molecule is CNc1nc(NCCOCC(F)(F)F)cc(C(F)(F)F)n1. The highest BCUT2D eigenvalue weighted by Crippen LogP contribution is 2.29. The molecule has 0 spiro atoms. The van der Waals surface area contributed by atoms with E-state index in [4.69, 9.17) is 0 Å². The molecule has 11 heteroatoms. The average molecular weight is 318 g/mol. The molecule has 0 unspecified atom stereocenters. The minimum atomic E-state index is -4.66. The number of hydrogen-bond donors (Lipinski definition) is 2. The Morgan fingerprint density at radius 1 is 1.14 bits per heavy atom. The fourth-order valence-electron chi connectivity index (χ4n) is 1.23. The number of ether oxygens (including phenoxy) is 1. The van der Waals surface area contributed by atoms with Crippen LogP contribution < -0.4 is 10.6 Å². The van der Waals surface area contributed by atoms with Gasteiger partial charge in [0, 0.05) is 19.7 Å². The van der Waals surface area contributed by atoms with Crippen molar-refractivity contribution in [3.63, 3.8) is 0 Å². The summed E-state index contributed by atoms with van der Waals surface area (Å²) in [5.74, 6) is -0.430. The minimum absolute atomic E-state index is 0.131. The van der Waals surface area contributed by atoms with E-state index in [1.807, 2.05) is 0 Å². The lowest BCUT2D eigenvalue weighted by Gasteiger charge is -2.12. The molecule has 0 bridgehead atoms. The molecule has 1 rings (SSSR count). The molecule has 1 aromatic rings. The van der Waals surface area contributed by atoms with Gasteiger partial charge in [-0.05, 0) is 0 Å². The smallest absolute Gasteiger partial charge is 0.370 e. The molecule has 1 aromatic heterocycles. The van der Waals surface area contributed by atoms with Crippen molar-refractivity contribution in [3.05, 3.63) is 11.8 Å². The quantitative estimate of drug-likeness (QED) is 0.623. The van der Waals surface area contributed by atoms with Crippen LogP contribution in [0.2, 0.25) is 0 Å². The van der Waals surface area contributed by atoms with Crippen LogP contribution in [0.5, 0.6) is 0 Å². The van der Waals surface area contributed by atoms with E-state index in [-0.39, 0.29) is 24.9 Å². The van der Waals surface area contributed by atoms with Crippen LogP contribution in [0.4, 0.5) is 38.1 Å². The molecule has 0 saturated heterocycles. The summed E-state index contributed by atoms with van der Waals surface area (Å²) in [6, 6.07) is 0.657. The Labute approximate surface area is 115 Å². The number of rotatable bonds is 6. The average Bonchev–Trinajstić information content (AvgIpc) is 2.35. The Morgan fingerprint density at radius 3 is 2.33 bits per heavy atom. The summed E-state index contributed by atoms with van der Waals surface area (Å²) < 4.78 is 77.4. The van der Waals surface area contributed by atoms with Gasteiger partial charge in [0.05, 0.1) is 6.61 Å². The van der Waals surface area contributed by atoms with E-state index in [0.29, 0.717) is 6.07 Å². The predicted octanol–water partition coefficient (Wildman–Crippen LogP) is 2.53. The first-order chi connectivity index (χ1) is 9.62. The summed E-state index contributed by atoms with van der Waals surface area (Å²) in [5, 5.41) is 4.79. The standard InChI is InChI=1S/C10H12F6N4O/c1-17-8-19-6(10(14,15)16)4-7(20-8)18-2-3-21-5-9(11,12)13/h4H,2-3,5H2,1H3,(H2,17,18,19,20). The molecular weight excluding hydrogens is 306 g/mol. The molecule has 0 aliphatic rings. The second-order valence-electron chi connectivity index (χ2n) is 3.80. The second kappa shape index (κ2) is 6.78. The normalized spacial score (nSPS) is 12.3. The third kappa shape index (κ3) is 6.47. The van der Waals surface area contributed by atoms with Gasteiger partial charge in [0.25, 0.3) is 0 Å². The van der Waals surface area contributed by atoms with E-state index >= 15 is 0 Å². The maximum Gasteiger partial charge on any atom is 0.433 e. The third-order valence-electron chi connectivity index (χ3n) is 2.06. The number of alkyl halides is 6. The molecule has 0 aromatic carbocycles. The van der Waals surface area contributed by atoms with Crippen LogP contribution in [0.15, 0.2) is 6.07 Å². The molecule has 0 aliphatic heterocycles. The molecule has 0 saturated carbocycles. The number of aromatic nitrogens is 2. The van der Waals surface area contributed by atoms with Crippen LogP contribution in [0.3, 0.4) is 0 Å². The Bertz CT molecular complexity index is 462. The number of nitrogens with zero attached hydrogens (tertiary/aromatic N) is 2. The van der Waals surface area contributed by atoms with Gasteiger partial charge < -0.3 is 15.4 Å². The van der Waals surface area contributed by atoms with Crippen LogP contribution in [0.1, 0.15) is 5.69 Å². The molecule has 2 N–H and O–H groups in total. The van der Waals surface area contributed by atoms with Crippen LogP contribution >= 0.6 is 0 Å². The number of nitrogens with one attached hydrogen (secondary N) is 2. The Morgan fingerprint density at radius 2 is 1.81 bits per heavy atom. The lowest BCUT2D eigenvalue weighted by atomic mass is 10.3. The van der Waals surface area contributed by atoms with E-state index < -0.39 is 24.7 Å². The van der Waals surface area contributed by atoms with Gasteiger partial charge in [0.2, 0.25) is 5.95 Å². The van der Waals surface area contributed by atoms with Gasteiger partial charge in [-0.3, -0.25) is 0 Å². The molecule has 0 amide bonds. The van der Waals surface area contributed by atoms with Gasteiger partial charge in [0.15, 0.2) is 5.69 Å². The van der Waals surface area contributed by atoms with Gasteiger partial charge in [0.1, 0.15) is 12.4 Å². The van der Waals surface area contributed by atoms with Gasteiger partial charge in [-0.15, -0.1) is 0 Å². The van der Waals surface area contributed by atoms with Crippen molar-refractivity contribution in [2.75, 3.05) is 37.4 Å². The van der Waals surface area contributed by atoms with E-state index in [9.17, 15) is 26.3 Å². The molecular formula is C10H12F6N4O. The van der Waals surface area contributed by atoms with Gasteiger partial charge >= 0.3 is 12.4 Å². The number of anilines is 2. The molecule has 1 heterocycles. The Kier molecular flexibility index (Phi) is 5.58. The monoisotopic (exact) mass is 318 g/mol. The highest BCUT2D eigenvalue weighted by molar-refractivity contribution is 5.42. The maximum absolute atomic E-state index is 12.6. The summed E-state index contributed by atoms with van der Waals surface area (Å²) in [4.78, 5) is 6.93. The van der Waals surface area contributed by atoms with E-state index in [1.165, 1.54) is 7.05 Å². The van der Waals surface area contributed by atoms with E-state index in [2.05, 4.69) is 25.3 Å². The van der Waals surface area contributed by atoms with Gasteiger partial charge in [-0.25, -0.2) is 4.98 Å². The fourth-order valence-corrected chi connectivity index (χ4v) is 1.23. The van der Waals surface area contributed by atoms with Crippen LogP contribution in [0, 0.1) is 0 Å². The van der Waals surface area contributed by atoms with Gasteiger partial charge in [-0.2, -0.15) is 31.3 Å². The molecule has 0 radical (unpaired) electrons. The first kappa shape index (κ1) is 17.3. The highest BCUT2D eigenvalue weighted by atomic mass is 19.4. The second-order valence-corrected chi connectivity index (χ2v) is 3.80. The highest BCUT2D eigenvalue weighted by Gasteiger charge is 2.33. The number of halogens is 6. The Balaban J connectivity index is 2.59. The first-order valence-corrected chi connectivity index (χ1v) is 5.64. The summed E-state index contributed by atoms with van der Waals surface area (Å²) in [6.07, 6.45) is -9.10. The van der Waals surface area contributed by atoms with Crippen molar-refractivity contribution in [1.82, 2.24) is 9.97 Å². The summed E-state index contributed by atoms with van der Waals surface area (Å²) in [6.45, 7) is -1.89. The zero-order chi connectivity index (χ0) is 16.1. The number of hydrogen-bond acceptors (Lipinski definition) is 5. The van der Waals surface area contributed by atoms with Crippen LogP contribution in [0.25, 0.3) is 0 Å². The van der Waals surface area contributed by atoms with Crippen molar-refractivity contribution in [3.8, 4) is 0 Å². The summed E-state index contributed by atoms with van der Waals surface area (Å²) in [7, 11) is 1.34. The largest absolute Gasteiger partial charge is 0.433 e. The van der Waals surface area contributed by atoms with Crippen molar-refractivity contribution in [1.29, 1.82) is 0 Å². The lowest BCUT2D eigenvalue weighted by molar-refractivity contribution is -0.172. The van der Waals surface area contributed by atoms with E-state index in [0.717, 1.165) is 0 Å². The van der Waals surface area contributed by atoms with Crippen LogP contribution in [-0.2, 0) is 10.9 Å². The van der Waals surface area contributed by atoms with Crippen molar-refractivity contribution < 1.29 is 31.1 Å². The predicted molar refractivity (Wildman–Crippen MR) is 61.9 cm³/mol. The van der Waals surface area contributed by atoms with Crippen LogP contribution in [-0.4, -0.2) is 43.0 Å². The zero-order valence-corrected chi connectivity index (χ0v) is 10.8. The Hall–Kier alpha value is -1.78. The van der Waals surface area contributed by atoms with Gasteiger partial charge in [-0.1, -0.05) is 0 Å². The van der Waals surface area contributed by atoms with Crippen molar-refractivity contribution in [2.45, 2.75) is 12.4 Å². The fraction of sp³-hybridized carbons (Fsp3) is 0.600. The van der Waals surface area contributed by atoms with Crippen molar-refractivity contribution in [2.24, 2.45) is 0 Å². The molecule has 5 nitrogen and oxygen atoms in total. The first-order valence-electron chi connectivity index (χ1n) is 5.64. The molecule has 120 valence electrons. The summed E-state index contributed by atoms with van der Waals surface area (Å²) >= 11 is 0. The maximum atomic E-state index is 12.6. The third-order valence-corrected chi connectivity index (χ3v) is 2.06. The topological polar surface area (TPSA) is 59.1 Å². The zero-order valence-electron chi connectivity index (χ0n) is 10.8. The molecule has 0 fully saturated rings. The van der Waals surface area contributed by atoms with Crippen molar-refractivity contribution >= 4 is 11.8 Å². The lowest BCUT2D eigenvalue weighted by Crippen LogP contribution is -2.20.